The summed E-state index contributed by atoms with van der Waals surface area (Å²) < 4.78 is 66.5. The lowest BCUT2D eigenvalue weighted by Crippen LogP contribution is -2.18. The number of carbonyl (C=O) groups excluding carboxylic acids is 3. The van der Waals surface area contributed by atoms with Gasteiger partial charge in [-0.1, -0.05) is 29.3 Å². The van der Waals surface area contributed by atoms with Crippen LogP contribution in [0, 0.1) is 23.4 Å². The molecule has 0 unspecified atom stereocenters. The number of hydrogen-bond donors (Lipinski definition) is 1. The molecule has 0 radical (unpaired) electrons. The second-order valence-electron chi connectivity index (χ2n) is 9.07. The number of hydrogen-bond acceptors (Lipinski definition) is 3. The number of halogens is 9. The number of nitrogens with one attached hydrogen (secondary N) is 1. The third-order valence-corrected chi connectivity index (χ3v) is 8.03. The number of benzene rings is 3. The lowest BCUT2D eigenvalue weighted by Gasteiger charge is -2.10. The molecule has 1 amide bonds. The van der Waals surface area contributed by atoms with Crippen molar-refractivity contribution in [1.82, 2.24) is 0 Å². The molecule has 3 aromatic carbocycles. The predicted molar refractivity (Wildman–Crippen MR) is 141 cm³/mol. The number of Topliss-reactive ketones (excluding diaryl/α,β-unsaturated/α-hetero) is 2. The van der Waals surface area contributed by atoms with Crippen LogP contribution in [0.15, 0.2) is 48.5 Å². The van der Waals surface area contributed by atoms with Gasteiger partial charge in [0.05, 0.1) is 21.5 Å². The Bertz CT molecular complexity index is 1530. The summed E-state index contributed by atoms with van der Waals surface area (Å²) in [5.41, 5.74) is -0.949. The first-order chi connectivity index (χ1) is 18.7. The van der Waals surface area contributed by atoms with Crippen LogP contribution in [0.3, 0.4) is 0 Å². The monoisotopic (exact) mass is 637 g/mol. The Morgan fingerprint density at radius 3 is 2.10 bits per heavy atom. The van der Waals surface area contributed by atoms with Gasteiger partial charge < -0.3 is 5.32 Å². The van der Waals surface area contributed by atoms with E-state index in [-0.39, 0.29) is 10.7 Å². The molecule has 0 bridgehead atoms. The van der Waals surface area contributed by atoms with Gasteiger partial charge in [0.25, 0.3) is 6.43 Å². The van der Waals surface area contributed by atoms with Crippen molar-refractivity contribution in [3.63, 3.8) is 0 Å². The Balaban J connectivity index is 1.51. The van der Waals surface area contributed by atoms with Gasteiger partial charge in [0.1, 0.15) is 21.8 Å². The van der Waals surface area contributed by atoms with E-state index >= 15 is 0 Å². The van der Waals surface area contributed by atoms with Gasteiger partial charge in [-0.3, -0.25) is 14.4 Å². The number of rotatable bonds is 9. The van der Waals surface area contributed by atoms with Crippen LogP contribution in [0.1, 0.15) is 33.0 Å². The van der Waals surface area contributed by atoms with Crippen LogP contribution in [-0.4, -0.2) is 28.2 Å². The second kappa shape index (κ2) is 11.6. The van der Waals surface area contributed by atoms with Gasteiger partial charge in [0, 0.05) is 30.5 Å². The van der Waals surface area contributed by atoms with E-state index in [4.69, 9.17) is 46.4 Å². The summed E-state index contributed by atoms with van der Waals surface area (Å²) in [5.74, 6) is -8.19. The summed E-state index contributed by atoms with van der Waals surface area (Å²) in [4.78, 5) is 37.1. The maximum atomic E-state index is 14.5. The van der Waals surface area contributed by atoms with Crippen molar-refractivity contribution >= 4 is 69.6 Å². The summed E-state index contributed by atoms with van der Waals surface area (Å²) in [5, 5.41) is 3.05. The third-order valence-electron chi connectivity index (χ3n) is 6.35. The van der Waals surface area contributed by atoms with Crippen LogP contribution in [0.4, 0.5) is 27.6 Å². The van der Waals surface area contributed by atoms with Gasteiger partial charge in [-0.25, -0.2) is 22.0 Å². The highest BCUT2D eigenvalue weighted by Gasteiger charge is 2.67. The van der Waals surface area contributed by atoms with Crippen molar-refractivity contribution in [3.8, 4) is 0 Å². The molecule has 1 saturated carbocycles. The smallest absolute Gasteiger partial charge is 0.296 e. The molecule has 0 spiro atoms. The van der Waals surface area contributed by atoms with Crippen LogP contribution < -0.4 is 5.32 Å². The zero-order valence-corrected chi connectivity index (χ0v) is 22.9. The molecule has 0 aliphatic heterocycles. The van der Waals surface area contributed by atoms with Crippen LogP contribution >= 0.6 is 46.4 Å². The van der Waals surface area contributed by atoms with Crippen molar-refractivity contribution < 1.29 is 36.3 Å². The molecule has 0 aromatic heterocycles. The molecule has 2 atom stereocenters. The largest absolute Gasteiger partial charge is 0.326 e. The van der Waals surface area contributed by atoms with Gasteiger partial charge in [0.15, 0.2) is 5.78 Å². The minimum absolute atomic E-state index is 0.00136. The molecule has 210 valence electrons. The molecule has 3 aromatic rings. The Morgan fingerprint density at radius 2 is 1.48 bits per heavy atom. The highest BCUT2D eigenvalue weighted by Crippen LogP contribution is 2.65. The molecule has 40 heavy (non-hydrogen) atoms. The van der Waals surface area contributed by atoms with Crippen molar-refractivity contribution in [3.05, 3.63) is 98.3 Å². The minimum atomic E-state index is -3.36. The van der Waals surface area contributed by atoms with Crippen LogP contribution in [0.5, 0.6) is 0 Å². The predicted octanol–water partition coefficient (Wildman–Crippen LogP) is 7.74. The van der Waals surface area contributed by atoms with Crippen molar-refractivity contribution in [1.29, 1.82) is 0 Å². The van der Waals surface area contributed by atoms with Crippen LogP contribution in [0.25, 0.3) is 0 Å². The van der Waals surface area contributed by atoms with Gasteiger partial charge >= 0.3 is 0 Å². The normalized spacial score (nSPS) is 17.6. The van der Waals surface area contributed by atoms with E-state index in [0.717, 1.165) is 18.2 Å². The van der Waals surface area contributed by atoms with E-state index < -0.39 is 87.1 Å². The molecule has 0 saturated heterocycles. The summed E-state index contributed by atoms with van der Waals surface area (Å²) in [7, 11) is 0. The number of ketones is 2. The maximum Gasteiger partial charge on any atom is 0.296 e. The second-order valence-corrected chi connectivity index (χ2v) is 11.3. The third kappa shape index (κ3) is 6.28. The summed E-state index contributed by atoms with van der Waals surface area (Å²) >= 11 is 24.6. The Kier molecular flexibility index (Phi) is 8.80. The fourth-order valence-corrected chi connectivity index (χ4v) is 5.39. The van der Waals surface area contributed by atoms with Crippen molar-refractivity contribution in [2.75, 3.05) is 5.32 Å². The molecule has 1 aliphatic rings. The zero-order chi connectivity index (χ0) is 29.5. The maximum absolute atomic E-state index is 14.5. The molecular weight excluding hydrogens is 623 g/mol. The van der Waals surface area contributed by atoms with Crippen molar-refractivity contribution in [2.24, 2.45) is 5.92 Å². The van der Waals surface area contributed by atoms with E-state index in [2.05, 4.69) is 5.32 Å². The van der Waals surface area contributed by atoms with E-state index in [9.17, 15) is 36.3 Å². The molecule has 1 fully saturated rings. The standard InChI is InChI=1S/C27H16Cl4F5NO3/c28-16-3-1-11(6-17(16)29)23-24(27(23,30)31)26(40)37-14-2-4-18(32)15(9-14)21(38)7-12-5-13(8-22(39)25(35)36)20(34)10-19(12)33/h1-6,9-10,23-25H,7-8H2,(H,37,40)/t23-,24+/m0/s1. The van der Waals surface area contributed by atoms with Gasteiger partial charge in [-0.2, -0.15) is 0 Å². The average Bonchev–Trinajstić information content (AvgIpc) is 3.46. The summed E-state index contributed by atoms with van der Waals surface area (Å²) in [6.45, 7) is 0. The lowest BCUT2D eigenvalue weighted by molar-refractivity contribution is -0.128. The number of carbonyl (C=O) groups is 3. The van der Waals surface area contributed by atoms with Gasteiger partial charge in [0.2, 0.25) is 11.7 Å². The molecular formula is C27H16Cl4F5NO3. The minimum Gasteiger partial charge on any atom is -0.326 e. The molecule has 13 heteroatoms. The quantitative estimate of drug-likeness (QED) is 0.148. The first kappa shape index (κ1) is 30.2. The molecule has 0 heterocycles. The lowest BCUT2D eigenvalue weighted by atomic mass is 9.98. The molecule has 1 N–H and O–H groups in total. The highest BCUT2D eigenvalue weighted by atomic mass is 35.5. The first-order valence-corrected chi connectivity index (χ1v) is 13.0. The Labute approximate surface area is 244 Å². The van der Waals surface area contributed by atoms with E-state index in [1.54, 1.807) is 6.07 Å². The Morgan fingerprint density at radius 1 is 0.825 bits per heavy atom. The average molecular weight is 639 g/mol. The topological polar surface area (TPSA) is 63.2 Å². The molecule has 1 aliphatic carbocycles. The van der Waals surface area contributed by atoms with E-state index in [1.165, 1.54) is 18.2 Å². The zero-order valence-electron chi connectivity index (χ0n) is 19.9. The first-order valence-electron chi connectivity index (χ1n) is 11.4. The van der Waals surface area contributed by atoms with Gasteiger partial charge in [-0.05, 0) is 53.1 Å². The summed E-state index contributed by atoms with van der Waals surface area (Å²) in [6.07, 6.45) is -5.17. The number of anilines is 1. The SMILES string of the molecule is O=C(Cc1cc(CC(=O)C(F)F)c(F)cc1F)c1cc(NC(=O)[C@H]2[C@H](c3ccc(Cl)c(Cl)c3)C2(Cl)Cl)ccc1F. The number of alkyl halides is 4. The fourth-order valence-electron chi connectivity index (χ4n) is 4.26. The van der Waals surface area contributed by atoms with Gasteiger partial charge in [-0.15, -0.1) is 23.2 Å². The van der Waals surface area contributed by atoms with Crippen LogP contribution in [0.2, 0.25) is 10.0 Å². The van der Waals surface area contributed by atoms with Crippen LogP contribution in [-0.2, 0) is 22.4 Å². The molecule has 4 nitrogen and oxygen atoms in total. The highest BCUT2D eigenvalue weighted by molar-refractivity contribution is 6.53. The number of amides is 1. The fraction of sp³-hybridized carbons (Fsp3) is 0.222. The Hall–Kier alpha value is -2.72. The summed E-state index contributed by atoms with van der Waals surface area (Å²) in [6, 6.07) is 8.88. The van der Waals surface area contributed by atoms with E-state index in [0.29, 0.717) is 16.7 Å². The van der Waals surface area contributed by atoms with E-state index in [1.807, 2.05) is 0 Å². The molecule has 4 rings (SSSR count). The van der Waals surface area contributed by atoms with Crippen molar-refractivity contribution in [2.45, 2.75) is 29.5 Å².